The summed E-state index contributed by atoms with van der Waals surface area (Å²) in [6, 6.07) is 10.9. The summed E-state index contributed by atoms with van der Waals surface area (Å²) in [5.41, 5.74) is 2.19. The van der Waals surface area contributed by atoms with E-state index in [1.165, 1.54) is 10.9 Å². The summed E-state index contributed by atoms with van der Waals surface area (Å²) >= 11 is 0. The minimum absolute atomic E-state index is 0.108. The zero-order chi connectivity index (χ0) is 19.8. The highest BCUT2D eigenvalue weighted by molar-refractivity contribution is 5.81. The molecule has 3 atom stereocenters. The average Bonchev–Trinajstić information content (AvgIpc) is 3.12. The molecule has 6 nitrogen and oxygen atoms in total. The molecule has 1 N–H and O–H groups in total. The molecule has 1 aromatic carbocycles. The smallest absolute Gasteiger partial charge is 0.133 e. The number of rotatable bonds is 4. The van der Waals surface area contributed by atoms with Gasteiger partial charge in [-0.05, 0) is 37.8 Å². The first-order valence-electron chi connectivity index (χ1n) is 10.9. The van der Waals surface area contributed by atoms with Gasteiger partial charge in [-0.1, -0.05) is 18.2 Å². The quantitative estimate of drug-likeness (QED) is 0.856. The van der Waals surface area contributed by atoms with Crippen molar-refractivity contribution in [1.29, 1.82) is 0 Å². The molecule has 0 bridgehead atoms. The molecule has 2 saturated heterocycles. The molecule has 0 unspecified atom stereocenters. The van der Waals surface area contributed by atoms with Crippen molar-refractivity contribution in [2.24, 2.45) is 0 Å². The summed E-state index contributed by atoms with van der Waals surface area (Å²) < 4.78 is 11.6. The second-order valence-corrected chi connectivity index (χ2v) is 8.70. The van der Waals surface area contributed by atoms with Gasteiger partial charge < -0.3 is 19.5 Å². The van der Waals surface area contributed by atoms with E-state index in [4.69, 9.17) is 14.5 Å². The van der Waals surface area contributed by atoms with Crippen LogP contribution in [0.3, 0.4) is 0 Å². The van der Waals surface area contributed by atoms with Crippen LogP contribution >= 0.6 is 0 Å². The molecule has 6 heteroatoms. The summed E-state index contributed by atoms with van der Waals surface area (Å²) in [4.78, 5) is 9.94. The molecular formula is C23H31N3O3. The van der Waals surface area contributed by atoms with Crippen molar-refractivity contribution in [2.75, 3.05) is 44.9 Å². The number of hydrogen-bond acceptors (Lipinski definition) is 6. The molecule has 0 spiro atoms. The number of anilines is 1. The van der Waals surface area contributed by atoms with Crippen LogP contribution in [0.5, 0.6) is 0 Å². The largest absolute Gasteiger partial charge is 0.393 e. The Morgan fingerprint density at radius 3 is 2.86 bits per heavy atom. The molecule has 156 valence electrons. The molecule has 5 rings (SSSR count). The molecule has 1 saturated carbocycles. The summed E-state index contributed by atoms with van der Waals surface area (Å²) in [5, 5.41) is 11.5. The van der Waals surface area contributed by atoms with Crippen LogP contribution in [-0.4, -0.2) is 72.7 Å². The summed E-state index contributed by atoms with van der Waals surface area (Å²) in [6.45, 7) is 5.09. The number of fused-ring (bicyclic) bond motifs is 2. The second-order valence-electron chi connectivity index (χ2n) is 8.70. The number of benzene rings is 1. The van der Waals surface area contributed by atoms with E-state index in [1.54, 1.807) is 0 Å². The lowest BCUT2D eigenvalue weighted by atomic mass is 9.79. The van der Waals surface area contributed by atoms with E-state index < -0.39 is 0 Å². The fourth-order valence-corrected chi connectivity index (χ4v) is 5.49. The summed E-state index contributed by atoms with van der Waals surface area (Å²) in [5.74, 6) is 1.08. The third-order valence-corrected chi connectivity index (χ3v) is 7.14. The van der Waals surface area contributed by atoms with Gasteiger partial charge in [-0.2, -0.15) is 0 Å². The van der Waals surface area contributed by atoms with Crippen molar-refractivity contribution in [3.63, 3.8) is 0 Å². The first kappa shape index (κ1) is 19.2. The number of hydrogen-bond donors (Lipinski definition) is 1. The van der Waals surface area contributed by atoms with Crippen LogP contribution in [0.2, 0.25) is 0 Å². The average molecular weight is 398 g/mol. The van der Waals surface area contributed by atoms with Gasteiger partial charge in [0.05, 0.1) is 30.4 Å². The van der Waals surface area contributed by atoms with E-state index in [2.05, 4.69) is 40.1 Å². The highest BCUT2D eigenvalue weighted by Gasteiger charge is 2.50. The Morgan fingerprint density at radius 1 is 1.21 bits per heavy atom. The van der Waals surface area contributed by atoms with Gasteiger partial charge in [-0.15, -0.1) is 0 Å². The van der Waals surface area contributed by atoms with Crippen LogP contribution in [0, 0.1) is 0 Å². The van der Waals surface area contributed by atoms with Gasteiger partial charge in [0.1, 0.15) is 5.82 Å². The Bertz CT molecular complexity index is 870. The SMILES string of the molecule is CO[C@@]12CC[C@@H](O)C[C@@H]1N(Cc1cc3ccccc3nc1N1CCOCC1)CC2. The Kier molecular flexibility index (Phi) is 5.20. The van der Waals surface area contributed by atoms with Crippen LogP contribution in [0.1, 0.15) is 31.2 Å². The topological polar surface area (TPSA) is 58.1 Å². The van der Waals surface area contributed by atoms with Gasteiger partial charge >= 0.3 is 0 Å². The van der Waals surface area contributed by atoms with Crippen molar-refractivity contribution >= 4 is 16.7 Å². The first-order valence-corrected chi connectivity index (χ1v) is 10.9. The minimum atomic E-state index is -0.225. The number of likely N-dealkylation sites (tertiary alicyclic amines) is 1. The number of pyridine rings is 1. The van der Waals surface area contributed by atoms with E-state index in [0.717, 1.165) is 76.4 Å². The monoisotopic (exact) mass is 397 g/mol. The molecule has 2 aliphatic heterocycles. The maximum Gasteiger partial charge on any atom is 0.133 e. The van der Waals surface area contributed by atoms with Crippen molar-refractivity contribution in [3.05, 3.63) is 35.9 Å². The third kappa shape index (κ3) is 3.52. The number of nitrogens with zero attached hydrogens (tertiary/aromatic N) is 3. The molecule has 3 heterocycles. The summed E-state index contributed by atoms with van der Waals surface area (Å²) in [7, 11) is 1.84. The summed E-state index contributed by atoms with van der Waals surface area (Å²) in [6.07, 6.45) is 3.39. The normalized spacial score (nSPS) is 30.6. The number of methoxy groups -OCH3 is 1. The number of aliphatic hydroxyl groups is 1. The Morgan fingerprint density at radius 2 is 2.03 bits per heavy atom. The number of morpholine rings is 1. The predicted molar refractivity (Wildman–Crippen MR) is 113 cm³/mol. The van der Waals surface area contributed by atoms with Gasteiger partial charge in [0.25, 0.3) is 0 Å². The Balaban J connectivity index is 1.49. The van der Waals surface area contributed by atoms with Crippen LogP contribution < -0.4 is 4.90 Å². The fourth-order valence-electron chi connectivity index (χ4n) is 5.49. The molecular weight excluding hydrogens is 366 g/mol. The van der Waals surface area contributed by atoms with E-state index in [0.29, 0.717) is 0 Å². The fraction of sp³-hybridized carbons (Fsp3) is 0.609. The molecule has 3 fully saturated rings. The zero-order valence-corrected chi connectivity index (χ0v) is 17.2. The molecule has 1 aromatic heterocycles. The molecule has 29 heavy (non-hydrogen) atoms. The number of ether oxygens (including phenoxy) is 2. The number of aromatic nitrogens is 1. The van der Waals surface area contributed by atoms with E-state index in [1.807, 2.05) is 7.11 Å². The first-order chi connectivity index (χ1) is 14.2. The van der Waals surface area contributed by atoms with Crippen LogP contribution in [0.4, 0.5) is 5.82 Å². The Labute approximate surface area is 172 Å². The van der Waals surface area contributed by atoms with Gasteiger partial charge in [0.15, 0.2) is 0 Å². The van der Waals surface area contributed by atoms with Crippen LogP contribution in [0.15, 0.2) is 30.3 Å². The van der Waals surface area contributed by atoms with E-state index in [-0.39, 0.29) is 17.7 Å². The molecule has 1 aliphatic carbocycles. The zero-order valence-electron chi connectivity index (χ0n) is 17.2. The maximum atomic E-state index is 10.3. The van der Waals surface area contributed by atoms with E-state index >= 15 is 0 Å². The standard InChI is InChI=1S/C23H31N3O3/c1-28-23-7-6-19(27)15-21(23)26(9-8-23)16-18-14-17-4-2-3-5-20(17)24-22(18)25-10-12-29-13-11-25/h2-5,14,19,21,27H,6-13,15-16H2,1H3/t19-,21+,23-/m1/s1. The van der Waals surface area contributed by atoms with Gasteiger partial charge in [0, 0.05) is 50.3 Å². The van der Waals surface area contributed by atoms with Crippen molar-refractivity contribution in [3.8, 4) is 0 Å². The minimum Gasteiger partial charge on any atom is -0.393 e. The third-order valence-electron chi connectivity index (χ3n) is 7.14. The van der Waals surface area contributed by atoms with E-state index in [9.17, 15) is 5.11 Å². The molecule has 0 amide bonds. The number of aliphatic hydroxyl groups excluding tert-OH is 1. The van der Waals surface area contributed by atoms with Gasteiger partial charge in [-0.3, -0.25) is 4.90 Å². The van der Waals surface area contributed by atoms with Gasteiger partial charge in [0.2, 0.25) is 0 Å². The lowest BCUT2D eigenvalue weighted by Gasteiger charge is -2.42. The second kappa shape index (κ2) is 7.84. The molecule has 2 aromatic rings. The van der Waals surface area contributed by atoms with Crippen molar-refractivity contribution < 1.29 is 14.6 Å². The Hall–Kier alpha value is -1.73. The lowest BCUT2D eigenvalue weighted by Crippen LogP contribution is -2.51. The number of para-hydroxylation sites is 1. The van der Waals surface area contributed by atoms with Crippen LogP contribution in [0.25, 0.3) is 10.9 Å². The lowest BCUT2D eigenvalue weighted by molar-refractivity contribution is -0.0879. The highest BCUT2D eigenvalue weighted by Crippen LogP contribution is 2.43. The van der Waals surface area contributed by atoms with Crippen molar-refractivity contribution in [2.45, 2.75) is 50.0 Å². The van der Waals surface area contributed by atoms with Crippen molar-refractivity contribution in [1.82, 2.24) is 9.88 Å². The van der Waals surface area contributed by atoms with Crippen LogP contribution in [-0.2, 0) is 16.0 Å². The predicted octanol–water partition coefficient (Wildman–Crippen LogP) is 2.58. The maximum absolute atomic E-state index is 10.3. The van der Waals surface area contributed by atoms with Gasteiger partial charge in [-0.25, -0.2) is 4.98 Å². The molecule has 0 radical (unpaired) electrons. The highest BCUT2D eigenvalue weighted by atomic mass is 16.5. The molecule has 3 aliphatic rings.